The SMILES string of the molecule is Cc1ccc(-c2cc([C@H]3C(c4ccc(C)cc4)C[C@H]4CCC3N4C)on2)cc1. The van der Waals surface area contributed by atoms with Crippen LogP contribution < -0.4 is 0 Å². The summed E-state index contributed by atoms with van der Waals surface area (Å²) in [5, 5.41) is 4.45. The minimum atomic E-state index is 0.359. The second-order valence-corrected chi connectivity index (χ2v) is 8.72. The lowest BCUT2D eigenvalue weighted by Crippen LogP contribution is -2.44. The minimum Gasteiger partial charge on any atom is -0.360 e. The molecule has 0 amide bonds. The quantitative estimate of drug-likeness (QED) is 0.591. The van der Waals surface area contributed by atoms with Gasteiger partial charge in [-0.05, 0) is 51.6 Å². The summed E-state index contributed by atoms with van der Waals surface area (Å²) in [7, 11) is 2.29. The molecule has 2 fully saturated rings. The number of aryl methyl sites for hydroxylation is 2. The van der Waals surface area contributed by atoms with Crippen LogP contribution in [0.1, 0.15) is 53.5 Å². The van der Waals surface area contributed by atoms with Crippen molar-refractivity contribution < 1.29 is 4.52 Å². The van der Waals surface area contributed by atoms with Crippen molar-refractivity contribution >= 4 is 0 Å². The van der Waals surface area contributed by atoms with Gasteiger partial charge in [-0.25, -0.2) is 0 Å². The molecule has 0 radical (unpaired) electrons. The molecule has 144 valence electrons. The topological polar surface area (TPSA) is 29.3 Å². The highest BCUT2D eigenvalue weighted by Crippen LogP contribution is 2.51. The number of rotatable bonds is 3. The van der Waals surface area contributed by atoms with Gasteiger partial charge in [-0.3, -0.25) is 4.90 Å². The third-order valence-corrected chi connectivity index (χ3v) is 6.98. The largest absolute Gasteiger partial charge is 0.360 e. The van der Waals surface area contributed by atoms with E-state index in [4.69, 9.17) is 4.52 Å². The van der Waals surface area contributed by atoms with Gasteiger partial charge in [0.05, 0.1) is 0 Å². The Labute approximate surface area is 167 Å². The normalized spacial score (nSPS) is 27.2. The van der Waals surface area contributed by atoms with Crippen LogP contribution in [0, 0.1) is 13.8 Å². The predicted molar refractivity (Wildman–Crippen MR) is 113 cm³/mol. The fourth-order valence-corrected chi connectivity index (χ4v) is 5.32. The molecule has 3 aromatic rings. The first-order valence-electron chi connectivity index (χ1n) is 10.4. The van der Waals surface area contributed by atoms with E-state index in [2.05, 4.69) is 85.5 Å². The molecule has 0 saturated carbocycles. The predicted octanol–water partition coefficient (Wildman–Crippen LogP) is 5.69. The maximum absolute atomic E-state index is 5.99. The molecule has 2 saturated heterocycles. The van der Waals surface area contributed by atoms with E-state index >= 15 is 0 Å². The Kier molecular flexibility index (Phi) is 4.36. The van der Waals surface area contributed by atoms with E-state index in [0.717, 1.165) is 17.0 Å². The van der Waals surface area contributed by atoms with Crippen LogP contribution in [0.15, 0.2) is 59.1 Å². The van der Waals surface area contributed by atoms with Crippen LogP contribution in [0.4, 0.5) is 0 Å². The molecule has 2 bridgehead atoms. The van der Waals surface area contributed by atoms with E-state index in [-0.39, 0.29) is 0 Å². The van der Waals surface area contributed by atoms with Gasteiger partial charge in [0.2, 0.25) is 0 Å². The Morgan fingerprint density at radius 2 is 1.61 bits per heavy atom. The number of benzene rings is 2. The number of aromatic nitrogens is 1. The smallest absolute Gasteiger partial charge is 0.142 e. The zero-order valence-electron chi connectivity index (χ0n) is 16.9. The van der Waals surface area contributed by atoms with Crippen molar-refractivity contribution in [1.82, 2.24) is 10.1 Å². The van der Waals surface area contributed by atoms with Gasteiger partial charge in [0.15, 0.2) is 0 Å². The van der Waals surface area contributed by atoms with E-state index in [0.29, 0.717) is 23.9 Å². The Morgan fingerprint density at radius 3 is 2.32 bits per heavy atom. The highest BCUT2D eigenvalue weighted by molar-refractivity contribution is 5.59. The second kappa shape index (κ2) is 6.89. The molecule has 2 unspecified atom stereocenters. The summed E-state index contributed by atoms with van der Waals surface area (Å²) >= 11 is 0. The van der Waals surface area contributed by atoms with Gasteiger partial charge in [-0.15, -0.1) is 0 Å². The molecule has 0 spiro atoms. The zero-order valence-corrected chi connectivity index (χ0v) is 16.9. The van der Waals surface area contributed by atoms with Crippen LogP contribution in [-0.4, -0.2) is 29.2 Å². The molecule has 3 nitrogen and oxygen atoms in total. The summed E-state index contributed by atoms with van der Waals surface area (Å²) < 4.78 is 5.99. The Morgan fingerprint density at radius 1 is 0.929 bits per heavy atom. The summed E-state index contributed by atoms with van der Waals surface area (Å²) in [5.74, 6) is 1.89. The lowest BCUT2D eigenvalue weighted by atomic mass is 9.74. The molecule has 28 heavy (non-hydrogen) atoms. The van der Waals surface area contributed by atoms with Crippen LogP contribution in [-0.2, 0) is 0 Å². The average Bonchev–Trinajstić information content (AvgIpc) is 3.26. The van der Waals surface area contributed by atoms with E-state index in [1.54, 1.807) is 0 Å². The number of hydrogen-bond acceptors (Lipinski definition) is 3. The molecular formula is C25H28N2O. The molecule has 5 rings (SSSR count). The van der Waals surface area contributed by atoms with Crippen molar-refractivity contribution in [2.75, 3.05) is 7.05 Å². The summed E-state index contributed by atoms with van der Waals surface area (Å²) in [6.45, 7) is 4.27. The highest BCUT2D eigenvalue weighted by Gasteiger charge is 2.48. The molecule has 3 heteroatoms. The first kappa shape index (κ1) is 17.7. The third-order valence-electron chi connectivity index (χ3n) is 6.98. The maximum Gasteiger partial charge on any atom is 0.142 e. The number of piperidine rings is 1. The van der Waals surface area contributed by atoms with Gasteiger partial charge in [0, 0.05) is 29.6 Å². The average molecular weight is 373 g/mol. The van der Waals surface area contributed by atoms with Gasteiger partial charge in [-0.2, -0.15) is 0 Å². The van der Waals surface area contributed by atoms with Gasteiger partial charge in [0.25, 0.3) is 0 Å². The maximum atomic E-state index is 5.99. The second-order valence-electron chi connectivity index (χ2n) is 8.72. The van der Waals surface area contributed by atoms with E-state index in [1.165, 1.54) is 36.0 Å². The molecule has 4 atom stereocenters. The first-order valence-corrected chi connectivity index (χ1v) is 10.4. The van der Waals surface area contributed by atoms with Crippen molar-refractivity contribution in [2.24, 2.45) is 0 Å². The van der Waals surface area contributed by atoms with Gasteiger partial charge < -0.3 is 4.52 Å². The van der Waals surface area contributed by atoms with Crippen molar-refractivity contribution in [1.29, 1.82) is 0 Å². The van der Waals surface area contributed by atoms with Crippen LogP contribution in [0.3, 0.4) is 0 Å². The van der Waals surface area contributed by atoms with Gasteiger partial charge >= 0.3 is 0 Å². The highest BCUT2D eigenvalue weighted by atomic mass is 16.5. The van der Waals surface area contributed by atoms with Crippen molar-refractivity contribution in [3.63, 3.8) is 0 Å². The Balaban J connectivity index is 1.53. The first-order chi connectivity index (χ1) is 13.6. The molecule has 3 heterocycles. The van der Waals surface area contributed by atoms with Crippen LogP contribution in [0.2, 0.25) is 0 Å². The molecular weight excluding hydrogens is 344 g/mol. The monoisotopic (exact) mass is 372 g/mol. The van der Waals surface area contributed by atoms with Crippen LogP contribution >= 0.6 is 0 Å². The van der Waals surface area contributed by atoms with Crippen molar-refractivity contribution in [3.05, 3.63) is 77.0 Å². The molecule has 2 aliphatic rings. The molecule has 2 aliphatic heterocycles. The summed E-state index contributed by atoms with van der Waals surface area (Å²) in [6.07, 6.45) is 3.73. The van der Waals surface area contributed by atoms with Crippen LogP contribution in [0.25, 0.3) is 11.3 Å². The Hall–Kier alpha value is -2.39. The Bertz CT molecular complexity index is 957. The minimum absolute atomic E-state index is 0.359. The van der Waals surface area contributed by atoms with E-state index < -0.39 is 0 Å². The molecule has 2 aromatic carbocycles. The van der Waals surface area contributed by atoms with Crippen molar-refractivity contribution in [2.45, 2.75) is 57.0 Å². The number of hydrogen-bond donors (Lipinski definition) is 0. The standard InChI is InChI=1S/C25H28N2O/c1-16-4-8-18(9-5-16)21-14-20-12-13-23(27(20)3)25(21)24-15-22(26-28-24)19-10-6-17(2)7-11-19/h4-11,15,20-21,23,25H,12-14H2,1-3H3/t20-,21?,23?,25+/m1/s1. The molecule has 1 aromatic heterocycles. The molecule has 0 N–H and O–H groups in total. The summed E-state index contributed by atoms with van der Waals surface area (Å²) in [4.78, 5) is 2.59. The molecule has 0 aliphatic carbocycles. The van der Waals surface area contributed by atoms with Crippen LogP contribution in [0.5, 0.6) is 0 Å². The van der Waals surface area contributed by atoms with E-state index in [9.17, 15) is 0 Å². The number of likely N-dealkylation sites (N-methyl/N-ethyl adjacent to an activating group) is 1. The zero-order chi connectivity index (χ0) is 19.3. The fraction of sp³-hybridized carbons (Fsp3) is 0.400. The summed E-state index contributed by atoms with van der Waals surface area (Å²) in [5.41, 5.74) is 6.09. The van der Waals surface area contributed by atoms with Gasteiger partial charge in [0.1, 0.15) is 11.5 Å². The van der Waals surface area contributed by atoms with Crippen molar-refractivity contribution in [3.8, 4) is 11.3 Å². The third kappa shape index (κ3) is 2.98. The summed E-state index contributed by atoms with van der Waals surface area (Å²) in [6, 6.07) is 21.0. The fourth-order valence-electron chi connectivity index (χ4n) is 5.32. The van der Waals surface area contributed by atoms with Gasteiger partial charge in [-0.1, -0.05) is 64.8 Å². The number of fused-ring (bicyclic) bond motifs is 2. The number of nitrogens with zero attached hydrogens (tertiary/aromatic N) is 2. The van der Waals surface area contributed by atoms with E-state index in [1.807, 2.05) is 0 Å². The lowest BCUT2D eigenvalue weighted by molar-refractivity contribution is 0.122. The lowest BCUT2D eigenvalue weighted by Gasteiger charge is -2.42.